The van der Waals surface area contributed by atoms with Gasteiger partial charge in [-0.05, 0) is 31.7 Å². The van der Waals surface area contributed by atoms with Gasteiger partial charge in [0, 0.05) is 18.0 Å². The maximum Gasteiger partial charge on any atom is 0.322 e. The lowest BCUT2D eigenvalue weighted by molar-refractivity contribution is -0.127. The summed E-state index contributed by atoms with van der Waals surface area (Å²) in [6, 6.07) is 7.16. The number of urea groups is 1. The molecule has 1 saturated heterocycles. The average molecular weight is 357 g/mol. The fraction of sp³-hybridized carbons (Fsp3) is 0.526. The average Bonchev–Trinajstić information content (AvgIpc) is 3.27. The number of hydrogen-bond donors (Lipinski definition) is 3. The van der Waals surface area contributed by atoms with Gasteiger partial charge in [-0.25, -0.2) is 4.79 Å². The molecular weight excluding hydrogens is 334 g/mol. The van der Waals surface area contributed by atoms with Crippen molar-refractivity contribution < 1.29 is 19.1 Å². The van der Waals surface area contributed by atoms with Crippen LogP contribution in [0.1, 0.15) is 37.7 Å². The summed E-state index contributed by atoms with van der Waals surface area (Å²) >= 11 is 0. The molecule has 7 heteroatoms. The fourth-order valence-electron chi connectivity index (χ4n) is 4.49. The van der Waals surface area contributed by atoms with Gasteiger partial charge in [-0.2, -0.15) is 0 Å². The topological polar surface area (TPSA) is 96.5 Å². The summed E-state index contributed by atoms with van der Waals surface area (Å²) in [6.45, 7) is 0.378. The Morgan fingerprint density at radius 3 is 2.69 bits per heavy atom. The number of hydrogen-bond acceptors (Lipinski definition) is 4. The highest BCUT2D eigenvalue weighted by Crippen LogP contribution is 2.51. The van der Waals surface area contributed by atoms with Crippen LogP contribution in [0.3, 0.4) is 0 Å². The van der Waals surface area contributed by atoms with Crippen molar-refractivity contribution in [3.05, 3.63) is 29.8 Å². The first-order chi connectivity index (χ1) is 12.5. The highest BCUT2D eigenvalue weighted by molar-refractivity contribution is 6.07. The molecule has 26 heavy (non-hydrogen) atoms. The van der Waals surface area contributed by atoms with E-state index in [1.54, 1.807) is 7.11 Å². The standard InChI is InChI=1S/C19H23N3O4/c1-26-14-7-3-2-6-13(14)18(9-10-18)15(23)20-11-12-5-4-8-19(12)16(24)21-17(25)22-19/h2-3,6-7,12H,4-5,8-11H2,1H3,(H,20,23)(H2,21,22,24,25). The van der Waals surface area contributed by atoms with Gasteiger partial charge in [0.25, 0.3) is 5.91 Å². The molecule has 1 aromatic rings. The van der Waals surface area contributed by atoms with Crippen LogP contribution in [0.2, 0.25) is 0 Å². The van der Waals surface area contributed by atoms with Gasteiger partial charge in [-0.15, -0.1) is 0 Å². The summed E-state index contributed by atoms with van der Waals surface area (Å²) in [6.07, 6.45) is 3.84. The molecule has 4 rings (SSSR count). The molecule has 7 nitrogen and oxygen atoms in total. The smallest absolute Gasteiger partial charge is 0.322 e. The Morgan fingerprint density at radius 2 is 2.04 bits per heavy atom. The third-order valence-electron chi connectivity index (χ3n) is 6.11. The molecule has 1 aromatic carbocycles. The quantitative estimate of drug-likeness (QED) is 0.691. The highest BCUT2D eigenvalue weighted by atomic mass is 16.5. The lowest BCUT2D eigenvalue weighted by atomic mass is 9.86. The monoisotopic (exact) mass is 357 g/mol. The van der Waals surface area contributed by atoms with Crippen LogP contribution in [0.15, 0.2) is 24.3 Å². The Bertz CT molecular complexity index is 774. The highest BCUT2D eigenvalue weighted by Gasteiger charge is 2.56. The van der Waals surface area contributed by atoms with Crippen LogP contribution < -0.4 is 20.7 Å². The first-order valence-corrected chi connectivity index (χ1v) is 9.07. The molecule has 1 spiro atoms. The van der Waals surface area contributed by atoms with Crippen LogP contribution in [-0.4, -0.2) is 37.0 Å². The van der Waals surface area contributed by atoms with Crippen LogP contribution in [0.4, 0.5) is 4.79 Å². The third kappa shape index (κ3) is 2.45. The summed E-state index contributed by atoms with van der Waals surface area (Å²) in [5.74, 6) is 0.324. The lowest BCUT2D eigenvalue weighted by Gasteiger charge is -2.29. The molecule has 3 N–H and O–H groups in total. The SMILES string of the molecule is COc1ccccc1C1(C(=O)NCC2CCCC23NC(=O)NC3=O)CC1. The summed E-state index contributed by atoms with van der Waals surface area (Å²) in [7, 11) is 1.61. The second-order valence-corrected chi connectivity index (χ2v) is 7.46. The number of imide groups is 1. The predicted molar refractivity (Wildman–Crippen MR) is 93.7 cm³/mol. The zero-order valence-corrected chi connectivity index (χ0v) is 14.8. The van der Waals surface area contributed by atoms with Crippen molar-refractivity contribution in [2.75, 3.05) is 13.7 Å². The van der Waals surface area contributed by atoms with Crippen molar-refractivity contribution in [2.24, 2.45) is 5.92 Å². The molecule has 3 aliphatic rings. The number of carbonyl (C=O) groups excluding carboxylic acids is 3. The van der Waals surface area contributed by atoms with Crippen molar-refractivity contribution in [1.82, 2.24) is 16.0 Å². The maximum atomic E-state index is 12.9. The van der Waals surface area contributed by atoms with E-state index in [9.17, 15) is 14.4 Å². The summed E-state index contributed by atoms with van der Waals surface area (Å²) in [4.78, 5) is 36.8. The Kier molecular flexibility index (Phi) is 3.89. The van der Waals surface area contributed by atoms with Crippen LogP contribution in [0, 0.1) is 5.92 Å². The molecule has 3 fully saturated rings. The Labute approximate surface area is 151 Å². The van der Waals surface area contributed by atoms with E-state index in [0.717, 1.165) is 37.0 Å². The van der Waals surface area contributed by atoms with Gasteiger partial charge >= 0.3 is 6.03 Å². The van der Waals surface area contributed by atoms with Crippen molar-refractivity contribution in [3.63, 3.8) is 0 Å². The summed E-state index contributed by atoms with van der Waals surface area (Å²) in [5.41, 5.74) is -0.501. The summed E-state index contributed by atoms with van der Waals surface area (Å²) in [5, 5.41) is 8.16. The minimum atomic E-state index is -0.870. The van der Waals surface area contributed by atoms with Crippen molar-refractivity contribution in [2.45, 2.75) is 43.1 Å². The molecule has 2 aliphatic carbocycles. The molecular formula is C19H23N3O4. The van der Waals surface area contributed by atoms with Gasteiger partial charge in [0.15, 0.2) is 0 Å². The van der Waals surface area contributed by atoms with Crippen LogP contribution in [-0.2, 0) is 15.0 Å². The van der Waals surface area contributed by atoms with E-state index in [4.69, 9.17) is 4.74 Å². The summed E-state index contributed by atoms with van der Waals surface area (Å²) < 4.78 is 5.42. The number of carbonyl (C=O) groups is 3. The number of nitrogens with one attached hydrogen (secondary N) is 3. The van der Waals surface area contributed by atoms with E-state index < -0.39 is 17.0 Å². The van der Waals surface area contributed by atoms with Gasteiger partial charge in [-0.3, -0.25) is 14.9 Å². The van der Waals surface area contributed by atoms with E-state index in [0.29, 0.717) is 13.0 Å². The van der Waals surface area contributed by atoms with Crippen molar-refractivity contribution in [3.8, 4) is 5.75 Å². The number of benzene rings is 1. The van der Waals surface area contributed by atoms with Crippen molar-refractivity contribution >= 4 is 17.8 Å². The Balaban J connectivity index is 1.48. The Hall–Kier alpha value is -2.57. The molecule has 0 radical (unpaired) electrons. The first-order valence-electron chi connectivity index (χ1n) is 9.07. The number of ether oxygens (including phenoxy) is 1. The largest absolute Gasteiger partial charge is 0.496 e. The maximum absolute atomic E-state index is 12.9. The van der Waals surface area contributed by atoms with Gasteiger partial charge in [0.1, 0.15) is 11.3 Å². The zero-order chi connectivity index (χ0) is 18.4. The van der Waals surface area contributed by atoms with E-state index in [1.165, 1.54) is 0 Å². The predicted octanol–water partition coefficient (Wildman–Crippen LogP) is 1.22. The van der Waals surface area contributed by atoms with Gasteiger partial charge in [0.05, 0.1) is 12.5 Å². The zero-order valence-electron chi connectivity index (χ0n) is 14.8. The Morgan fingerprint density at radius 1 is 1.27 bits per heavy atom. The fourth-order valence-corrected chi connectivity index (χ4v) is 4.49. The second kappa shape index (κ2) is 6.00. The molecule has 4 amide bonds. The minimum absolute atomic E-state index is 0.0335. The molecule has 0 aromatic heterocycles. The van der Waals surface area contributed by atoms with Crippen LogP contribution >= 0.6 is 0 Å². The lowest BCUT2D eigenvalue weighted by Crippen LogP contribution is -2.53. The molecule has 2 atom stereocenters. The number of amides is 4. The minimum Gasteiger partial charge on any atom is -0.496 e. The van der Waals surface area contributed by atoms with Gasteiger partial charge in [-0.1, -0.05) is 24.6 Å². The molecule has 2 saturated carbocycles. The van der Waals surface area contributed by atoms with Crippen LogP contribution in [0.5, 0.6) is 5.75 Å². The number of para-hydroxylation sites is 1. The second-order valence-electron chi connectivity index (χ2n) is 7.46. The van der Waals surface area contributed by atoms with Gasteiger partial charge in [0.2, 0.25) is 5.91 Å². The molecule has 1 aliphatic heterocycles. The van der Waals surface area contributed by atoms with Gasteiger partial charge < -0.3 is 15.4 Å². The van der Waals surface area contributed by atoms with E-state index in [2.05, 4.69) is 16.0 Å². The first kappa shape index (κ1) is 16.9. The van der Waals surface area contributed by atoms with E-state index >= 15 is 0 Å². The molecule has 1 heterocycles. The normalized spacial score (nSPS) is 28.6. The molecule has 138 valence electrons. The van der Waals surface area contributed by atoms with E-state index in [-0.39, 0.29) is 17.7 Å². The molecule has 0 bridgehead atoms. The van der Waals surface area contributed by atoms with Crippen molar-refractivity contribution in [1.29, 1.82) is 0 Å². The third-order valence-corrected chi connectivity index (χ3v) is 6.11. The van der Waals surface area contributed by atoms with Crippen LogP contribution in [0.25, 0.3) is 0 Å². The number of methoxy groups -OCH3 is 1. The number of rotatable bonds is 5. The van der Waals surface area contributed by atoms with E-state index in [1.807, 2.05) is 24.3 Å². The molecule has 2 unspecified atom stereocenters.